The van der Waals surface area contributed by atoms with Crippen molar-refractivity contribution in [1.82, 2.24) is 14.5 Å². The van der Waals surface area contributed by atoms with Crippen LogP contribution in [0, 0.1) is 5.92 Å². The topological polar surface area (TPSA) is 92.3 Å². The summed E-state index contributed by atoms with van der Waals surface area (Å²) in [5.74, 6) is -0.388. The normalized spacial score (nSPS) is 18.1. The van der Waals surface area contributed by atoms with Gasteiger partial charge in [0.05, 0.1) is 11.7 Å². The molecule has 1 N–H and O–H groups in total. The fourth-order valence-electron chi connectivity index (χ4n) is 3.22. The lowest BCUT2D eigenvalue weighted by Gasteiger charge is -2.31. The van der Waals surface area contributed by atoms with Crippen molar-refractivity contribution in [3.63, 3.8) is 0 Å². The van der Waals surface area contributed by atoms with Gasteiger partial charge in [0.25, 0.3) is 0 Å². The quantitative estimate of drug-likeness (QED) is 0.706. The van der Waals surface area contributed by atoms with E-state index < -0.39 is 10.0 Å². The van der Waals surface area contributed by atoms with Gasteiger partial charge in [-0.05, 0) is 24.8 Å². The summed E-state index contributed by atoms with van der Waals surface area (Å²) in [5.41, 5.74) is 1.14. The summed E-state index contributed by atoms with van der Waals surface area (Å²) in [7, 11) is -3.29. The first-order chi connectivity index (χ1) is 13.5. The van der Waals surface area contributed by atoms with Crippen molar-refractivity contribution >= 4 is 32.4 Å². The summed E-state index contributed by atoms with van der Waals surface area (Å²) in [6, 6.07) is 9.96. The van der Waals surface area contributed by atoms with Gasteiger partial charge < -0.3 is 5.32 Å². The van der Waals surface area contributed by atoms with Gasteiger partial charge in [0.15, 0.2) is 0 Å². The highest BCUT2D eigenvalue weighted by atomic mass is 32.2. The lowest BCUT2D eigenvalue weighted by atomic mass is 9.99. The molecular weight excluding hydrogens is 396 g/mol. The number of nitrogens with zero attached hydrogens (tertiary/aromatic N) is 3. The molecule has 0 bridgehead atoms. The van der Waals surface area contributed by atoms with Crippen LogP contribution in [-0.4, -0.2) is 47.7 Å². The van der Waals surface area contributed by atoms with Gasteiger partial charge in [0.1, 0.15) is 5.01 Å². The van der Waals surface area contributed by atoms with Crippen LogP contribution in [0.25, 0.3) is 0 Å². The predicted octanol–water partition coefficient (Wildman–Crippen LogP) is 2.91. The summed E-state index contributed by atoms with van der Waals surface area (Å²) in [6.45, 7) is 2.71. The van der Waals surface area contributed by atoms with E-state index in [1.807, 2.05) is 37.3 Å². The molecule has 28 heavy (non-hydrogen) atoms. The van der Waals surface area contributed by atoms with E-state index in [1.165, 1.54) is 15.6 Å². The molecule has 0 aliphatic carbocycles. The number of piperidine rings is 1. The summed E-state index contributed by atoms with van der Waals surface area (Å²) < 4.78 is 26.3. The number of rotatable bonds is 8. The van der Waals surface area contributed by atoms with Crippen LogP contribution in [0.3, 0.4) is 0 Å². The molecule has 1 atom stereocenters. The molecule has 0 radical (unpaired) electrons. The van der Waals surface area contributed by atoms with Crippen LogP contribution < -0.4 is 5.32 Å². The Labute approximate surface area is 170 Å². The Balaban J connectivity index is 1.57. The third-order valence-corrected chi connectivity index (χ3v) is 7.56. The molecule has 1 aromatic heterocycles. The van der Waals surface area contributed by atoms with Crippen LogP contribution in [0.1, 0.15) is 43.2 Å². The van der Waals surface area contributed by atoms with Crippen molar-refractivity contribution in [1.29, 1.82) is 0 Å². The van der Waals surface area contributed by atoms with E-state index in [-0.39, 0.29) is 24.1 Å². The highest BCUT2D eigenvalue weighted by Gasteiger charge is 2.32. The third kappa shape index (κ3) is 5.59. The van der Waals surface area contributed by atoms with Crippen LogP contribution >= 0.6 is 11.3 Å². The Morgan fingerprint density at radius 1 is 1.29 bits per heavy atom. The SMILES string of the molecule is CCCCS(=O)(=O)N1CCC[C@H](C(=O)Nc2nnc(Cc3ccccc3)s2)C1. The van der Waals surface area contributed by atoms with Gasteiger partial charge in [-0.3, -0.25) is 4.79 Å². The number of unbranched alkanes of at least 4 members (excludes halogenated alkanes) is 1. The van der Waals surface area contributed by atoms with Gasteiger partial charge in [-0.2, -0.15) is 0 Å². The smallest absolute Gasteiger partial charge is 0.230 e. The first-order valence-electron chi connectivity index (χ1n) is 9.63. The van der Waals surface area contributed by atoms with E-state index in [1.54, 1.807) is 0 Å². The highest BCUT2D eigenvalue weighted by Crippen LogP contribution is 2.23. The fraction of sp³-hybridized carbons (Fsp3) is 0.526. The van der Waals surface area contributed by atoms with Gasteiger partial charge in [-0.1, -0.05) is 55.0 Å². The van der Waals surface area contributed by atoms with Crippen LogP contribution in [-0.2, 0) is 21.2 Å². The number of benzene rings is 1. The summed E-state index contributed by atoms with van der Waals surface area (Å²) in [5, 5.41) is 12.3. The number of nitrogens with one attached hydrogen (secondary N) is 1. The molecule has 1 amide bonds. The molecule has 3 rings (SSSR count). The molecule has 1 aromatic carbocycles. The summed E-state index contributed by atoms with van der Waals surface area (Å²) in [4.78, 5) is 12.6. The molecule has 2 heterocycles. The zero-order chi connectivity index (χ0) is 20.0. The lowest BCUT2D eigenvalue weighted by Crippen LogP contribution is -2.44. The van der Waals surface area contributed by atoms with E-state index >= 15 is 0 Å². The van der Waals surface area contributed by atoms with Crippen molar-refractivity contribution in [3.8, 4) is 0 Å². The molecule has 9 heteroatoms. The lowest BCUT2D eigenvalue weighted by molar-refractivity contribution is -0.120. The molecule has 1 aliphatic rings. The summed E-state index contributed by atoms with van der Waals surface area (Å²) >= 11 is 1.35. The Kier molecular flexibility index (Phi) is 7.14. The second-order valence-corrected chi connectivity index (χ2v) is 10.2. The maximum absolute atomic E-state index is 12.6. The molecule has 1 fully saturated rings. The van der Waals surface area contributed by atoms with E-state index in [0.29, 0.717) is 37.4 Å². The Morgan fingerprint density at radius 2 is 2.07 bits per heavy atom. The van der Waals surface area contributed by atoms with Crippen molar-refractivity contribution in [2.45, 2.75) is 39.0 Å². The number of hydrogen-bond acceptors (Lipinski definition) is 6. The number of sulfonamides is 1. The molecule has 1 aliphatic heterocycles. The van der Waals surface area contributed by atoms with E-state index in [9.17, 15) is 13.2 Å². The standard InChI is InChI=1S/C19H26N4O3S2/c1-2-3-12-28(25,26)23-11-7-10-16(14-23)18(24)20-19-22-21-17(27-19)13-15-8-5-4-6-9-15/h4-6,8-9,16H,2-3,7,10-14H2,1H3,(H,20,22,24)/t16-/m0/s1. The van der Waals surface area contributed by atoms with Gasteiger partial charge in [0.2, 0.25) is 21.1 Å². The average molecular weight is 423 g/mol. The number of carbonyl (C=O) groups excluding carboxylic acids is 1. The molecule has 0 saturated carbocycles. The molecule has 1 saturated heterocycles. The maximum atomic E-state index is 12.6. The van der Waals surface area contributed by atoms with Crippen LogP contribution in [0.5, 0.6) is 0 Å². The number of hydrogen-bond donors (Lipinski definition) is 1. The molecule has 152 valence electrons. The van der Waals surface area contributed by atoms with Crippen LogP contribution in [0.15, 0.2) is 30.3 Å². The van der Waals surface area contributed by atoms with E-state index in [0.717, 1.165) is 17.0 Å². The number of anilines is 1. The van der Waals surface area contributed by atoms with Gasteiger partial charge in [-0.15, -0.1) is 10.2 Å². The number of carbonyl (C=O) groups is 1. The first kappa shape index (κ1) is 20.9. The summed E-state index contributed by atoms with van der Waals surface area (Å²) in [6.07, 6.45) is 3.52. The minimum Gasteiger partial charge on any atom is -0.300 e. The van der Waals surface area contributed by atoms with E-state index in [2.05, 4.69) is 15.5 Å². The monoisotopic (exact) mass is 422 g/mol. The van der Waals surface area contributed by atoms with Gasteiger partial charge in [0, 0.05) is 19.5 Å². The molecule has 7 nitrogen and oxygen atoms in total. The maximum Gasteiger partial charge on any atom is 0.230 e. The second kappa shape index (κ2) is 9.58. The zero-order valence-corrected chi connectivity index (χ0v) is 17.6. The largest absolute Gasteiger partial charge is 0.300 e. The van der Waals surface area contributed by atoms with Gasteiger partial charge >= 0.3 is 0 Å². The van der Waals surface area contributed by atoms with E-state index in [4.69, 9.17) is 0 Å². The fourth-order valence-corrected chi connectivity index (χ4v) is 5.72. The zero-order valence-electron chi connectivity index (χ0n) is 16.0. The minimum absolute atomic E-state index is 0.150. The van der Waals surface area contributed by atoms with Gasteiger partial charge in [-0.25, -0.2) is 12.7 Å². The Morgan fingerprint density at radius 3 is 2.82 bits per heavy atom. The number of amides is 1. The molecule has 2 aromatic rings. The van der Waals surface area contributed by atoms with Crippen molar-refractivity contribution < 1.29 is 13.2 Å². The molecule has 0 spiro atoms. The Bertz CT molecular complexity index is 884. The van der Waals surface area contributed by atoms with Crippen molar-refractivity contribution in [2.75, 3.05) is 24.2 Å². The van der Waals surface area contributed by atoms with Crippen LogP contribution in [0.2, 0.25) is 0 Å². The molecule has 0 unspecified atom stereocenters. The van der Waals surface area contributed by atoms with Crippen molar-refractivity contribution in [2.24, 2.45) is 5.92 Å². The highest BCUT2D eigenvalue weighted by molar-refractivity contribution is 7.89. The van der Waals surface area contributed by atoms with Crippen molar-refractivity contribution in [3.05, 3.63) is 40.9 Å². The Hall–Kier alpha value is -1.84. The molecular formula is C19H26N4O3S2. The predicted molar refractivity (Wildman–Crippen MR) is 111 cm³/mol. The second-order valence-electron chi connectivity index (χ2n) is 7.02. The average Bonchev–Trinajstić information content (AvgIpc) is 3.14. The third-order valence-electron chi connectivity index (χ3n) is 4.80. The first-order valence-corrected chi connectivity index (χ1v) is 12.1. The van der Waals surface area contributed by atoms with Crippen LogP contribution in [0.4, 0.5) is 5.13 Å². The minimum atomic E-state index is -3.29. The number of aromatic nitrogens is 2.